The number of nitrogens with one attached hydrogen (secondary N) is 1. The minimum absolute atomic E-state index is 0.278. The lowest BCUT2D eigenvalue weighted by molar-refractivity contribution is 0.0526. The highest BCUT2D eigenvalue weighted by Gasteiger charge is 2.26. The molecule has 3 rings (SSSR count). The van der Waals surface area contributed by atoms with E-state index in [-0.39, 0.29) is 5.97 Å². The Morgan fingerprint density at radius 3 is 2.82 bits per heavy atom. The molecule has 1 aliphatic heterocycles. The number of nitrogens with zero attached hydrogens (tertiary/aromatic N) is 2. The lowest BCUT2D eigenvalue weighted by atomic mass is 10.0. The first-order chi connectivity index (χ1) is 10.8. The molecule has 0 unspecified atom stereocenters. The van der Waals surface area contributed by atoms with E-state index >= 15 is 0 Å². The lowest BCUT2D eigenvalue weighted by Crippen LogP contribution is -2.43. The highest BCUT2D eigenvalue weighted by atomic mass is 16.5. The quantitative estimate of drug-likeness (QED) is 0.817. The molecule has 5 heteroatoms. The second kappa shape index (κ2) is 7.09. The summed E-state index contributed by atoms with van der Waals surface area (Å²) in [5, 5.41) is 3.67. The van der Waals surface area contributed by atoms with E-state index in [0.29, 0.717) is 18.2 Å². The Bertz CT molecular complexity index is 508. The van der Waals surface area contributed by atoms with Gasteiger partial charge in [-0.2, -0.15) is 0 Å². The summed E-state index contributed by atoms with van der Waals surface area (Å²) in [6.07, 6.45) is 6.73. The Kier molecular flexibility index (Phi) is 4.93. The highest BCUT2D eigenvalue weighted by Crippen LogP contribution is 2.28. The van der Waals surface area contributed by atoms with Crippen molar-refractivity contribution in [1.29, 1.82) is 0 Å². The van der Waals surface area contributed by atoms with Gasteiger partial charge in [0.1, 0.15) is 11.4 Å². The van der Waals surface area contributed by atoms with Gasteiger partial charge in [0.2, 0.25) is 0 Å². The van der Waals surface area contributed by atoms with Crippen LogP contribution in [0.2, 0.25) is 0 Å². The molecule has 2 heterocycles. The van der Waals surface area contributed by atoms with Gasteiger partial charge in [-0.05, 0) is 57.2 Å². The van der Waals surface area contributed by atoms with Crippen molar-refractivity contribution in [1.82, 2.24) is 10.3 Å². The predicted molar refractivity (Wildman–Crippen MR) is 86.2 cm³/mol. The van der Waals surface area contributed by atoms with Crippen LogP contribution in [0, 0.1) is 5.92 Å². The van der Waals surface area contributed by atoms with Crippen LogP contribution in [-0.2, 0) is 4.74 Å². The first kappa shape index (κ1) is 15.3. The Labute approximate surface area is 132 Å². The summed E-state index contributed by atoms with van der Waals surface area (Å²) in [5.41, 5.74) is 0.578. The zero-order valence-electron chi connectivity index (χ0n) is 13.3. The number of aromatic nitrogens is 1. The standard InChI is InChI=1S/C17H25N3O2/c1-2-22-17(21)15-4-3-9-18-16(15)20-10-7-14(8-11-20)19-12-13-5-6-13/h3-4,9,13-14,19H,2,5-8,10-12H2,1H3. The van der Waals surface area contributed by atoms with Gasteiger partial charge in [0.05, 0.1) is 6.61 Å². The number of carbonyl (C=O) groups is 1. The summed E-state index contributed by atoms with van der Waals surface area (Å²) in [6, 6.07) is 4.20. The molecule has 0 spiro atoms. The molecule has 0 bridgehead atoms. The van der Waals surface area contributed by atoms with Crippen molar-refractivity contribution in [2.45, 2.75) is 38.6 Å². The van der Waals surface area contributed by atoms with Crippen LogP contribution >= 0.6 is 0 Å². The van der Waals surface area contributed by atoms with Crippen molar-refractivity contribution in [2.75, 3.05) is 31.1 Å². The fourth-order valence-electron chi connectivity index (χ4n) is 2.97. The molecule has 5 nitrogen and oxygen atoms in total. The van der Waals surface area contributed by atoms with E-state index in [4.69, 9.17) is 4.74 Å². The summed E-state index contributed by atoms with van der Waals surface area (Å²) in [5.74, 6) is 1.41. The van der Waals surface area contributed by atoms with E-state index in [9.17, 15) is 4.79 Å². The minimum Gasteiger partial charge on any atom is -0.462 e. The minimum atomic E-state index is -0.278. The Hall–Kier alpha value is -1.62. The van der Waals surface area contributed by atoms with Gasteiger partial charge in [0, 0.05) is 25.3 Å². The molecule has 0 amide bonds. The monoisotopic (exact) mass is 303 g/mol. The second-order valence-corrected chi connectivity index (χ2v) is 6.21. The molecule has 0 aromatic carbocycles. The number of hydrogen-bond acceptors (Lipinski definition) is 5. The zero-order valence-corrected chi connectivity index (χ0v) is 13.3. The second-order valence-electron chi connectivity index (χ2n) is 6.21. The van der Waals surface area contributed by atoms with Crippen molar-refractivity contribution in [3.63, 3.8) is 0 Å². The average molecular weight is 303 g/mol. The number of piperidine rings is 1. The predicted octanol–water partition coefficient (Wildman–Crippen LogP) is 2.23. The maximum Gasteiger partial charge on any atom is 0.341 e. The van der Waals surface area contributed by atoms with Crippen LogP contribution in [0.1, 0.15) is 43.0 Å². The maximum absolute atomic E-state index is 12.1. The van der Waals surface area contributed by atoms with Crippen molar-refractivity contribution < 1.29 is 9.53 Å². The third-order valence-corrected chi connectivity index (χ3v) is 4.47. The topological polar surface area (TPSA) is 54.5 Å². The Morgan fingerprint density at radius 1 is 1.36 bits per heavy atom. The largest absolute Gasteiger partial charge is 0.462 e. The normalized spacial score (nSPS) is 19.2. The molecule has 1 aliphatic carbocycles. The molecule has 1 saturated carbocycles. The van der Waals surface area contributed by atoms with Crippen molar-refractivity contribution in [3.8, 4) is 0 Å². The molecular weight excluding hydrogens is 278 g/mol. The van der Waals surface area contributed by atoms with Crippen LogP contribution in [0.3, 0.4) is 0 Å². The fraction of sp³-hybridized carbons (Fsp3) is 0.647. The van der Waals surface area contributed by atoms with Gasteiger partial charge in [-0.1, -0.05) is 0 Å². The molecule has 2 aliphatic rings. The third kappa shape index (κ3) is 3.77. The first-order valence-electron chi connectivity index (χ1n) is 8.38. The van der Waals surface area contributed by atoms with E-state index in [1.807, 2.05) is 6.92 Å². The fourth-order valence-corrected chi connectivity index (χ4v) is 2.97. The van der Waals surface area contributed by atoms with Crippen molar-refractivity contribution in [3.05, 3.63) is 23.9 Å². The molecule has 1 aromatic rings. The van der Waals surface area contributed by atoms with Crippen LogP contribution in [0.15, 0.2) is 18.3 Å². The Morgan fingerprint density at radius 2 is 2.14 bits per heavy atom. The molecule has 22 heavy (non-hydrogen) atoms. The number of anilines is 1. The molecular formula is C17H25N3O2. The van der Waals surface area contributed by atoms with Crippen LogP contribution in [0.25, 0.3) is 0 Å². The highest BCUT2D eigenvalue weighted by molar-refractivity contribution is 5.94. The molecule has 0 radical (unpaired) electrons. The molecule has 1 saturated heterocycles. The van der Waals surface area contributed by atoms with Crippen molar-refractivity contribution >= 4 is 11.8 Å². The zero-order chi connectivity index (χ0) is 15.4. The summed E-state index contributed by atoms with van der Waals surface area (Å²) < 4.78 is 5.13. The van der Waals surface area contributed by atoms with Crippen molar-refractivity contribution in [2.24, 2.45) is 5.92 Å². The van der Waals surface area contributed by atoms with E-state index in [2.05, 4.69) is 15.2 Å². The number of pyridine rings is 1. The summed E-state index contributed by atoms with van der Waals surface area (Å²) in [6.45, 7) is 5.26. The molecule has 1 N–H and O–H groups in total. The van der Waals surface area contributed by atoms with Gasteiger partial charge < -0.3 is 15.0 Å². The van der Waals surface area contributed by atoms with Crippen LogP contribution in [-0.4, -0.2) is 43.2 Å². The third-order valence-electron chi connectivity index (χ3n) is 4.47. The molecule has 120 valence electrons. The lowest BCUT2D eigenvalue weighted by Gasteiger charge is -2.34. The van der Waals surface area contributed by atoms with Gasteiger partial charge in [-0.15, -0.1) is 0 Å². The smallest absolute Gasteiger partial charge is 0.341 e. The van der Waals surface area contributed by atoms with E-state index < -0.39 is 0 Å². The summed E-state index contributed by atoms with van der Waals surface area (Å²) >= 11 is 0. The summed E-state index contributed by atoms with van der Waals surface area (Å²) in [7, 11) is 0. The number of esters is 1. The SMILES string of the molecule is CCOC(=O)c1cccnc1N1CCC(NCC2CC2)CC1. The number of rotatable bonds is 6. The van der Waals surface area contributed by atoms with Crippen LogP contribution in [0.4, 0.5) is 5.82 Å². The van der Waals surface area contributed by atoms with Gasteiger partial charge in [0.25, 0.3) is 0 Å². The van der Waals surface area contributed by atoms with Gasteiger partial charge in [-0.25, -0.2) is 9.78 Å². The number of hydrogen-bond donors (Lipinski definition) is 1. The Balaban J connectivity index is 1.59. The van der Waals surface area contributed by atoms with E-state index in [1.165, 1.54) is 19.4 Å². The summed E-state index contributed by atoms with van der Waals surface area (Å²) in [4.78, 5) is 18.7. The van der Waals surface area contributed by atoms with Gasteiger partial charge in [-0.3, -0.25) is 0 Å². The van der Waals surface area contributed by atoms with Crippen LogP contribution < -0.4 is 10.2 Å². The molecule has 0 atom stereocenters. The average Bonchev–Trinajstić information content (AvgIpc) is 3.38. The maximum atomic E-state index is 12.1. The van der Waals surface area contributed by atoms with Crippen LogP contribution in [0.5, 0.6) is 0 Å². The molecule has 1 aromatic heterocycles. The van der Waals surface area contributed by atoms with E-state index in [0.717, 1.165) is 37.7 Å². The molecule has 2 fully saturated rings. The number of ether oxygens (including phenoxy) is 1. The van der Waals surface area contributed by atoms with E-state index in [1.54, 1.807) is 18.3 Å². The number of carbonyl (C=O) groups excluding carboxylic acids is 1. The first-order valence-corrected chi connectivity index (χ1v) is 8.38. The van der Waals surface area contributed by atoms with Gasteiger partial charge in [0.15, 0.2) is 0 Å². The van der Waals surface area contributed by atoms with Gasteiger partial charge >= 0.3 is 5.97 Å².